The number of rotatable bonds is 8. The van der Waals surface area contributed by atoms with E-state index in [0.717, 1.165) is 17.5 Å². The summed E-state index contributed by atoms with van der Waals surface area (Å²) in [6.07, 6.45) is 2.36. The van der Waals surface area contributed by atoms with E-state index < -0.39 is 12.0 Å². The van der Waals surface area contributed by atoms with Crippen molar-refractivity contribution in [1.29, 1.82) is 0 Å². The van der Waals surface area contributed by atoms with Crippen LogP contribution in [0.15, 0.2) is 63.5 Å². The zero-order valence-electron chi connectivity index (χ0n) is 21.4. The lowest BCUT2D eigenvalue weighted by Crippen LogP contribution is -2.40. The van der Waals surface area contributed by atoms with E-state index in [-0.39, 0.29) is 11.7 Å². The number of carbonyl (C=O) groups excluding carboxylic acids is 1. The molecule has 3 aromatic rings. The number of thiazole rings is 1. The minimum Gasteiger partial charge on any atom is -0.493 e. The van der Waals surface area contributed by atoms with Crippen molar-refractivity contribution in [2.75, 3.05) is 13.7 Å². The molecule has 9 heteroatoms. The van der Waals surface area contributed by atoms with Crippen molar-refractivity contribution in [2.24, 2.45) is 4.99 Å². The highest BCUT2D eigenvalue weighted by Gasteiger charge is 2.33. The fraction of sp³-hybridized carbons (Fsp3) is 0.321. The topological polar surface area (TPSA) is 79.1 Å². The summed E-state index contributed by atoms with van der Waals surface area (Å²) in [5.74, 6) is 0.732. The third kappa shape index (κ3) is 5.65. The van der Waals surface area contributed by atoms with Crippen molar-refractivity contribution in [3.8, 4) is 11.5 Å². The number of fused-ring (bicyclic) bond motifs is 1. The molecule has 0 spiro atoms. The van der Waals surface area contributed by atoms with Crippen LogP contribution in [-0.2, 0) is 9.53 Å². The van der Waals surface area contributed by atoms with Gasteiger partial charge in [-0.3, -0.25) is 9.36 Å². The summed E-state index contributed by atoms with van der Waals surface area (Å²) in [4.78, 5) is 32.0. The van der Waals surface area contributed by atoms with Crippen LogP contribution in [0.5, 0.6) is 11.5 Å². The molecule has 0 saturated carbocycles. The molecule has 0 bridgehead atoms. The second-order valence-electron chi connectivity index (χ2n) is 8.85. The first-order valence-electron chi connectivity index (χ1n) is 12.0. The van der Waals surface area contributed by atoms with Gasteiger partial charge in [0, 0.05) is 5.02 Å². The fourth-order valence-corrected chi connectivity index (χ4v) is 5.25. The minimum atomic E-state index is -0.693. The monoisotopic (exact) mass is 540 g/mol. The molecule has 1 aromatic heterocycles. The van der Waals surface area contributed by atoms with Gasteiger partial charge in [-0.05, 0) is 68.7 Å². The molecule has 7 nitrogen and oxygen atoms in total. The number of methoxy groups -OCH3 is 1. The molecule has 1 aliphatic rings. The summed E-state index contributed by atoms with van der Waals surface area (Å²) < 4.78 is 18.8. The highest BCUT2D eigenvalue weighted by atomic mass is 35.5. The lowest BCUT2D eigenvalue weighted by Gasteiger charge is -2.25. The Morgan fingerprint density at radius 3 is 2.57 bits per heavy atom. The predicted octanol–water partition coefficient (Wildman–Crippen LogP) is 4.64. The molecular weight excluding hydrogens is 512 g/mol. The van der Waals surface area contributed by atoms with Crippen LogP contribution in [0, 0.1) is 0 Å². The number of hydrogen-bond acceptors (Lipinski definition) is 7. The number of aromatic nitrogens is 1. The van der Waals surface area contributed by atoms with Crippen LogP contribution in [0.1, 0.15) is 51.3 Å². The van der Waals surface area contributed by atoms with Crippen LogP contribution in [0.4, 0.5) is 0 Å². The summed E-state index contributed by atoms with van der Waals surface area (Å²) >= 11 is 7.39. The maximum atomic E-state index is 13.8. The van der Waals surface area contributed by atoms with Crippen LogP contribution in [0.25, 0.3) is 6.08 Å². The van der Waals surface area contributed by atoms with Gasteiger partial charge in [-0.1, -0.05) is 48.1 Å². The van der Waals surface area contributed by atoms with E-state index in [1.54, 1.807) is 50.7 Å². The Morgan fingerprint density at radius 1 is 1.19 bits per heavy atom. The summed E-state index contributed by atoms with van der Waals surface area (Å²) in [6.45, 7) is 7.95. The fourth-order valence-electron chi connectivity index (χ4n) is 4.08. The van der Waals surface area contributed by atoms with E-state index in [9.17, 15) is 9.59 Å². The number of nitrogens with zero attached hydrogens (tertiary/aromatic N) is 2. The predicted molar refractivity (Wildman–Crippen MR) is 145 cm³/mol. The molecule has 1 unspecified atom stereocenters. The number of benzene rings is 2. The number of allylic oxidation sites excluding steroid dienone is 1. The smallest absolute Gasteiger partial charge is 0.338 e. The molecular formula is C28H29ClN2O5S. The van der Waals surface area contributed by atoms with Crippen molar-refractivity contribution in [2.45, 2.75) is 46.3 Å². The van der Waals surface area contributed by atoms with E-state index in [2.05, 4.69) is 4.99 Å². The molecule has 0 aliphatic carbocycles. The van der Waals surface area contributed by atoms with E-state index >= 15 is 0 Å². The molecule has 1 aliphatic heterocycles. The van der Waals surface area contributed by atoms with Crippen molar-refractivity contribution < 1.29 is 19.0 Å². The number of esters is 1. The molecule has 0 fully saturated rings. The van der Waals surface area contributed by atoms with Gasteiger partial charge in [-0.2, -0.15) is 0 Å². The minimum absolute atomic E-state index is 0.253. The molecule has 0 N–H and O–H groups in total. The first-order chi connectivity index (χ1) is 17.7. The van der Waals surface area contributed by atoms with Gasteiger partial charge in [-0.25, -0.2) is 9.79 Å². The highest BCUT2D eigenvalue weighted by molar-refractivity contribution is 7.07. The summed E-state index contributed by atoms with van der Waals surface area (Å²) in [7, 11) is 1.58. The Bertz CT molecular complexity index is 1520. The zero-order chi connectivity index (χ0) is 26.7. The van der Waals surface area contributed by atoms with E-state index in [4.69, 9.17) is 25.8 Å². The Labute approximate surface area is 224 Å². The van der Waals surface area contributed by atoms with Gasteiger partial charge in [0.1, 0.15) is 0 Å². The molecule has 194 valence electrons. The molecule has 2 aromatic carbocycles. The van der Waals surface area contributed by atoms with Gasteiger partial charge in [0.15, 0.2) is 16.3 Å². The van der Waals surface area contributed by atoms with Crippen molar-refractivity contribution >= 4 is 35.0 Å². The van der Waals surface area contributed by atoms with Crippen molar-refractivity contribution in [3.05, 3.63) is 89.6 Å². The van der Waals surface area contributed by atoms with Gasteiger partial charge in [-0.15, -0.1) is 0 Å². The molecule has 2 heterocycles. The maximum absolute atomic E-state index is 13.8. The number of ether oxygens (including phenoxy) is 3. The standard InChI is InChI=1S/C28H29ClN2O5S/c1-6-13-35-21-12-7-18(14-22(21)34-5)15-23-26(32)31-25(19-8-10-20(29)11-9-19)24(27(33)36-16(2)3)17(4)30-28(31)37-23/h7-12,14-16,25H,6,13H2,1-5H3. The lowest BCUT2D eigenvalue weighted by molar-refractivity contribution is -0.143. The molecule has 0 amide bonds. The van der Waals surface area contributed by atoms with E-state index in [1.807, 2.05) is 37.3 Å². The average Bonchev–Trinajstić information content (AvgIpc) is 3.16. The Hall–Kier alpha value is -3.36. The summed E-state index contributed by atoms with van der Waals surface area (Å²) in [5.41, 5.74) is 2.10. The Balaban J connectivity index is 1.86. The Morgan fingerprint density at radius 2 is 1.92 bits per heavy atom. The van der Waals surface area contributed by atoms with Gasteiger partial charge in [0.05, 0.1) is 41.7 Å². The van der Waals surface area contributed by atoms with Gasteiger partial charge in [0.25, 0.3) is 5.56 Å². The molecule has 4 rings (SSSR count). The van der Waals surface area contributed by atoms with Crippen LogP contribution in [0.2, 0.25) is 5.02 Å². The summed E-state index contributed by atoms with van der Waals surface area (Å²) in [6, 6.07) is 11.9. The van der Waals surface area contributed by atoms with Gasteiger partial charge < -0.3 is 14.2 Å². The highest BCUT2D eigenvalue weighted by Crippen LogP contribution is 2.32. The Kier molecular flexibility index (Phi) is 8.19. The first-order valence-corrected chi connectivity index (χ1v) is 13.2. The first kappa shape index (κ1) is 26.7. The molecule has 0 radical (unpaired) electrons. The number of carbonyl (C=O) groups is 1. The third-order valence-electron chi connectivity index (χ3n) is 5.72. The second kappa shape index (κ2) is 11.4. The van der Waals surface area contributed by atoms with Crippen LogP contribution in [0.3, 0.4) is 0 Å². The van der Waals surface area contributed by atoms with Crippen LogP contribution < -0.4 is 24.4 Å². The van der Waals surface area contributed by atoms with Gasteiger partial charge >= 0.3 is 5.97 Å². The largest absolute Gasteiger partial charge is 0.493 e. The number of hydrogen-bond donors (Lipinski definition) is 0. The second-order valence-corrected chi connectivity index (χ2v) is 10.3. The number of halogens is 1. The maximum Gasteiger partial charge on any atom is 0.338 e. The van der Waals surface area contributed by atoms with Crippen molar-refractivity contribution in [1.82, 2.24) is 4.57 Å². The summed E-state index contributed by atoms with van der Waals surface area (Å²) in [5, 5.41) is 0.559. The lowest BCUT2D eigenvalue weighted by atomic mass is 9.96. The quantitative estimate of drug-likeness (QED) is 0.389. The van der Waals surface area contributed by atoms with E-state index in [1.165, 1.54) is 11.3 Å². The SMILES string of the molecule is CCCOc1ccc(C=c2sc3n(c2=O)C(c2ccc(Cl)cc2)C(C(=O)OC(C)C)=C(C)N=3)cc1OC. The van der Waals surface area contributed by atoms with Crippen molar-refractivity contribution in [3.63, 3.8) is 0 Å². The van der Waals surface area contributed by atoms with Gasteiger partial charge in [0.2, 0.25) is 0 Å². The molecule has 1 atom stereocenters. The average molecular weight is 541 g/mol. The molecule has 0 saturated heterocycles. The van der Waals surface area contributed by atoms with Crippen LogP contribution >= 0.6 is 22.9 Å². The zero-order valence-corrected chi connectivity index (χ0v) is 23.0. The normalized spacial score (nSPS) is 15.4. The van der Waals surface area contributed by atoms with E-state index in [0.29, 0.717) is 43.7 Å². The third-order valence-corrected chi connectivity index (χ3v) is 6.95. The van der Waals surface area contributed by atoms with Crippen LogP contribution in [-0.4, -0.2) is 30.4 Å². The molecule has 37 heavy (non-hydrogen) atoms.